The Bertz CT molecular complexity index is 572. The molecule has 3 heterocycles. The van der Waals surface area contributed by atoms with Gasteiger partial charge in [-0.2, -0.15) is 0 Å². The first-order valence-electron chi connectivity index (χ1n) is 6.90. The topological polar surface area (TPSA) is 66.0 Å². The molecule has 1 aliphatic rings. The van der Waals surface area contributed by atoms with Gasteiger partial charge in [0.05, 0.1) is 0 Å². The lowest BCUT2D eigenvalue weighted by Crippen LogP contribution is -2.42. The van der Waals surface area contributed by atoms with Crippen molar-refractivity contribution in [2.75, 3.05) is 19.8 Å². The predicted molar refractivity (Wildman–Crippen MR) is 74.0 cm³/mol. The lowest BCUT2D eigenvalue weighted by atomic mass is 9.79. The zero-order valence-corrected chi connectivity index (χ0v) is 11.3. The standard InChI is InChI=1S/C14H20N4O/c1-2-18-12-11(4-3-7-16-12)17-13(18)14(10-15)5-8-19-9-6-14/h3-4,7H,2,5-6,8-10,15H2,1H3. The van der Waals surface area contributed by atoms with Gasteiger partial charge in [0.15, 0.2) is 5.65 Å². The molecule has 0 bridgehead atoms. The van der Waals surface area contributed by atoms with Gasteiger partial charge in [-0.1, -0.05) is 0 Å². The van der Waals surface area contributed by atoms with Crippen molar-refractivity contribution < 1.29 is 4.74 Å². The number of aromatic nitrogens is 3. The Morgan fingerprint density at radius 3 is 2.89 bits per heavy atom. The number of aryl methyl sites for hydroxylation is 1. The number of hydrogen-bond acceptors (Lipinski definition) is 4. The second-order valence-electron chi connectivity index (χ2n) is 5.12. The van der Waals surface area contributed by atoms with Gasteiger partial charge in [0.25, 0.3) is 0 Å². The van der Waals surface area contributed by atoms with Gasteiger partial charge in [-0.25, -0.2) is 9.97 Å². The molecule has 0 unspecified atom stereocenters. The van der Waals surface area contributed by atoms with Crippen LogP contribution in [0.25, 0.3) is 11.2 Å². The van der Waals surface area contributed by atoms with E-state index in [4.69, 9.17) is 15.5 Å². The van der Waals surface area contributed by atoms with E-state index in [2.05, 4.69) is 16.5 Å². The van der Waals surface area contributed by atoms with E-state index >= 15 is 0 Å². The molecular weight excluding hydrogens is 240 g/mol. The average molecular weight is 260 g/mol. The highest BCUT2D eigenvalue weighted by Gasteiger charge is 2.37. The van der Waals surface area contributed by atoms with E-state index < -0.39 is 0 Å². The Morgan fingerprint density at radius 1 is 1.42 bits per heavy atom. The van der Waals surface area contributed by atoms with E-state index in [1.54, 1.807) is 0 Å². The summed E-state index contributed by atoms with van der Waals surface area (Å²) in [4.78, 5) is 9.28. The summed E-state index contributed by atoms with van der Waals surface area (Å²) in [6, 6.07) is 3.94. The molecule has 0 amide bonds. The molecular formula is C14H20N4O. The molecule has 1 fully saturated rings. The molecule has 0 atom stereocenters. The summed E-state index contributed by atoms with van der Waals surface area (Å²) in [7, 11) is 0. The third-order valence-corrected chi connectivity index (χ3v) is 4.13. The molecule has 102 valence electrons. The Hall–Kier alpha value is -1.46. The first-order chi connectivity index (χ1) is 9.30. The van der Waals surface area contributed by atoms with Crippen molar-refractivity contribution in [3.8, 4) is 0 Å². The Balaban J connectivity index is 2.17. The minimum absolute atomic E-state index is 0.0606. The number of rotatable bonds is 3. The fraction of sp³-hybridized carbons (Fsp3) is 0.571. The van der Waals surface area contributed by atoms with Crippen LogP contribution in [0.5, 0.6) is 0 Å². The van der Waals surface area contributed by atoms with Crippen LogP contribution in [0.2, 0.25) is 0 Å². The summed E-state index contributed by atoms with van der Waals surface area (Å²) in [5, 5.41) is 0. The van der Waals surface area contributed by atoms with Crippen LogP contribution in [0.4, 0.5) is 0 Å². The number of fused-ring (bicyclic) bond motifs is 1. The van der Waals surface area contributed by atoms with Crippen molar-refractivity contribution in [3.05, 3.63) is 24.2 Å². The highest BCUT2D eigenvalue weighted by atomic mass is 16.5. The molecule has 1 aliphatic heterocycles. The quantitative estimate of drug-likeness (QED) is 0.907. The summed E-state index contributed by atoms with van der Waals surface area (Å²) in [5.74, 6) is 1.08. The molecule has 3 rings (SSSR count). The molecule has 2 aromatic heterocycles. The zero-order valence-electron chi connectivity index (χ0n) is 11.3. The van der Waals surface area contributed by atoms with Crippen molar-refractivity contribution in [2.45, 2.75) is 31.7 Å². The molecule has 2 aromatic rings. The minimum Gasteiger partial charge on any atom is -0.381 e. The average Bonchev–Trinajstić information content (AvgIpc) is 2.87. The molecule has 0 saturated carbocycles. The lowest BCUT2D eigenvalue weighted by Gasteiger charge is -2.35. The third kappa shape index (κ3) is 1.93. The maximum atomic E-state index is 6.09. The summed E-state index contributed by atoms with van der Waals surface area (Å²) in [6.45, 7) is 5.13. The first kappa shape index (κ1) is 12.6. The number of pyridine rings is 1. The molecule has 19 heavy (non-hydrogen) atoms. The number of nitrogens with zero attached hydrogens (tertiary/aromatic N) is 3. The van der Waals surface area contributed by atoms with Gasteiger partial charge < -0.3 is 15.0 Å². The number of ether oxygens (including phenoxy) is 1. The lowest BCUT2D eigenvalue weighted by molar-refractivity contribution is 0.0489. The smallest absolute Gasteiger partial charge is 0.159 e. The van der Waals surface area contributed by atoms with Gasteiger partial charge in [0.1, 0.15) is 11.3 Å². The van der Waals surface area contributed by atoms with Crippen LogP contribution < -0.4 is 5.73 Å². The minimum atomic E-state index is -0.0606. The molecule has 5 nitrogen and oxygen atoms in total. The van der Waals surface area contributed by atoms with Gasteiger partial charge in [0, 0.05) is 37.9 Å². The molecule has 0 radical (unpaired) electrons. The molecule has 5 heteroatoms. The van der Waals surface area contributed by atoms with Gasteiger partial charge in [-0.15, -0.1) is 0 Å². The number of imidazole rings is 1. The van der Waals surface area contributed by atoms with E-state index in [-0.39, 0.29) is 5.41 Å². The molecule has 2 N–H and O–H groups in total. The molecule has 0 spiro atoms. The fourth-order valence-electron chi connectivity index (χ4n) is 2.94. The first-order valence-corrected chi connectivity index (χ1v) is 6.90. The highest BCUT2D eigenvalue weighted by molar-refractivity contribution is 5.71. The SMILES string of the molecule is CCn1c(C2(CN)CCOCC2)nc2cccnc21. The predicted octanol–water partition coefficient (Wildman–Crippen LogP) is 1.46. The van der Waals surface area contributed by atoms with Gasteiger partial charge in [-0.3, -0.25) is 0 Å². The number of hydrogen-bond donors (Lipinski definition) is 1. The van der Waals surface area contributed by atoms with Gasteiger partial charge in [-0.05, 0) is 31.9 Å². The van der Waals surface area contributed by atoms with E-state index in [9.17, 15) is 0 Å². The Kier molecular flexibility index (Phi) is 3.24. The fourth-order valence-corrected chi connectivity index (χ4v) is 2.94. The summed E-state index contributed by atoms with van der Waals surface area (Å²) in [6.07, 6.45) is 3.69. The normalized spacial score (nSPS) is 18.8. The molecule has 1 saturated heterocycles. The zero-order chi connectivity index (χ0) is 13.3. The summed E-state index contributed by atoms with van der Waals surface area (Å²) >= 11 is 0. The van der Waals surface area contributed by atoms with Crippen molar-refractivity contribution >= 4 is 11.2 Å². The van der Waals surface area contributed by atoms with Crippen LogP contribution in [0.3, 0.4) is 0 Å². The van der Waals surface area contributed by atoms with Crippen LogP contribution in [-0.2, 0) is 16.7 Å². The van der Waals surface area contributed by atoms with E-state index in [1.807, 2.05) is 18.3 Å². The summed E-state index contributed by atoms with van der Waals surface area (Å²) in [5.41, 5.74) is 7.94. The van der Waals surface area contributed by atoms with Crippen LogP contribution in [0.1, 0.15) is 25.6 Å². The van der Waals surface area contributed by atoms with Gasteiger partial charge in [0.2, 0.25) is 0 Å². The largest absolute Gasteiger partial charge is 0.381 e. The highest BCUT2D eigenvalue weighted by Crippen LogP contribution is 2.34. The maximum absolute atomic E-state index is 6.09. The Labute approximate surface area is 112 Å². The second kappa shape index (κ2) is 4.90. The van der Waals surface area contributed by atoms with Crippen LogP contribution in [0.15, 0.2) is 18.3 Å². The molecule has 0 aromatic carbocycles. The molecule has 0 aliphatic carbocycles. The van der Waals surface area contributed by atoms with Crippen molar-refractivity contribution in [1.82, 2.24) is 14.5 Å². The maximum Gasteiger partial charge on any atom is 0.159 e. The summed E-state index contributed by atoms with van der Waals surface area (Å²) < 4.78 is 7.69. The van der Waals surface area contributed by atoms with Crippen LogP contribution >= 0.6 is 0 Å². The van der Waals surface area contributed by atoms with Gasteiger partial charge >= 0.3 is 0 Å². The van der Waals surface area contributed by atoms with Crippen molar-refractivity contribution in [1.29, 1.82) is 0 Å². The van der Waals surface area contributed by atoms with E-state index in [0.717, 1.165) is 49.6 Å². The second-order valence-corrected chi connectivity index (χ2v) is 5.12. The van der Waals surface area contributed by atoms with Crippen LogP contribution in [-0.4, -0.2) is 34.3 Å². The van der Waals surface area contributed by atoms with Crippen LogP contribution in [0, 0.1) is 0 Å². The Morgan fingerprint density at radius 2 is 2.21 bits per heavy atom. The van der Waals surface area contributed by atoms with Crippen molar-refractivity contribution in [2.24, 2.45) is 5.73 Å². The monoisotopic (exact) mass is 260 g/mol. The van der Waals surface area contributed by atoms with E-state index in [1.165, 1.54) is 0 Å². The van der Waals surface area contributed by atoms with Crippen molar-refractivity contribution in [3.63, 3.8) is 0 Å². The number of nitrogens with two attached hydrogens (primary N) is 1. The third-order valence-electron chi connectivity index (χ3n) is 4.13. The van der Waals surface area contributed by atoms with E-state index in [0.29, 0.717) is 6.54 Å².